The summed E-state index contributed by atoms with van der Waals surface area (Å²) in [6.45, 7) is 0. The molecular weight excluding hydrogens is 264 g/mol. The van der Waals surface area contributed by atoms with Crippen molar-refractivity contribution in [2.24, 2.45) is 0 Å². The maximum Gasteiger partial charge on any atom is 0.0423 e. The van der Waals surface area contributed by atoms with Crippen molar-refractivity contribution in [2.45, 2.75) is 9.79 Å². The Kier molecular flexibility index (Phi) is 4.90. The standard InChI is InChI=1S/C14H12O2S2/c15-17-13-7-3-1-5-11(13)9-10-12-6-2-4-8-14(12)18-16/h1-10,15-16H. The van der Waals surface area contributed by atoms with Crippen LogP contribution >= 0.6 is 24.1 Å². The fourth-order valence-electron chi connectivity index (χ4n) is 1.58. The summed E-state index contributed by atoms with van der Waals surface area (Å²) in [6.07, 6.45) is 3.85. The van der Waals surface area contributed by atoms with Crippen LogP contribution in [0.3, 0.4) is 0 Å². The van der Waals surface area contributed by atoms with Gasteiger partial charge in [-0.05, 0) is 23.3 Å². The summed E-state index contributed by atoms with van der Waals surface area (Å²) < 4.78 is 18.3. The molecule has 0 aliphatic carbocycles. The third-order valence-electron chi connectivity index (χ3n) is 2.48. The Hall–Kier alpha value is -1.20. The van der Waals surface area contributed by atoms with E-state index in [0.29, 0.717) is 0 Å². The molecule has 2 nitrogen and oxygen atoms in total. The van der Waals surface area contributed by atoms with Crippen LogP contribution in [-0.4, -0.2) is 9.11 Å². The monoisotopic (exact) mass is 276 g/mol. The average Bonchev–Trinajstić information content (AvgIpc) is 2.45. The Balaban J connectivity index is 2.30. The molecule has 0 radical (unpaired) electrons. The first-order valence-electron chi connectivity index (χ1n) is 5.34. The van der Waals surface area contributed by atoms with Gasteiger partial charge in [0.05, 0.1) is 0 Å². The van der Waals surface area contributed by atoms with Gasteiger partial charge in [0.1, 0.15) is 0 Å². The molecule has 0 aromatic heterocycles. The van der Waals surface area contributed by atoms with Crippen LogP contribution in [0.15, 0.2) is 58.3 Å². The van der Waals surface area contributed by atoms with Crippen molar-refractivity contribution in [3.8, 4) is 0 Å². The third kappa shape index (κ3) is 3.17. The van der Waals surface area contributed by atoms with Crippen molar-refractivity contribution in [1.29, 1.82) is 0 Å². The summed E-state index contributed by atoms with van der Waals surface area (Å²) >= 11 is 1.47. The van der Waals surface area contributed by atoms with E-state index in [1.54, 1.807) is 0 Å². The topological polar surface area (TPSA) is 40.5 Å². The van der Waals surface area contributed by atoms with E-state index >= 15 is 0 Å². The molecule has 0 aliphatic heterocycles. The highest BCUT2D eigenvalue weighted by atomic mass is 32.2. The molecule has 18 heavy (non-hydrogen) atoms. The minimum Gasteiger partial charge on any atom is -0.325 e. The van der Waals surface area contributed by atoms with Gasteiger partial charge in [-0.15, -0.1) is 0 Å². The minimum absolute atomic E-state index is 0.735. The molecule has 2 rings (SSSR count). The molecule has 0 spiro atoms. The van der Waals surface area contributed by atoms with Gasteiger partial charge in [-0.1, -0.05) is 48.6 Å². The Labute approximate surface area is 115 Å². The highest BCUT2D eigenvalue weighted by Gasteiger charge is 2.00. The van der Waals surface area contributed by atoms with Gasteiger partial charge in [-0.2, -0.15) is 0 Å². The molecule has 2 aromatic carbocycles. The predicted octanol–water partition coefficient (Wildman–Crippen LogP) is 4.99. The maximum atomic E-state index is 9.16. The van der Waals surface area contributed by atoms with Crippen LogP contribution in [0.4, 0.5) is 0 Å². The van der Waals surface area contributed by atoms with Gasteiger partial charge in [0.15, 0.2) is 0 Å². The van der Waals surface area contributed by atoms with Crippen LogP contribution in [0.2, 0.25) is 0 Å². The number of benzene rings is 2. The normalized spacial score (nSPS) is 11.0. The van der Waals surface area contributed by atoms with Gasteiger partial charge >= 0.3 is 0 Å². The second kappa shape index (κ2) is 6.66. The average molecular weight is 276 g/mol. The summed E-state index contributed by atoms with van der Waals surface area (Å²) in [5.74, 6) is 0. The molecular formula is C14H12O2S2. The van der Waals surface area contributed by atoms with E-state index in [9.17, 15) is 0 Å². The highest BCUT2D eigenvalue weighted by Crippen LogP contribution is 2.24. The summed E-state index contributed by atoms with van der Waals surface area (Å²) in [5.41, 5.74) is 1.89. The van der Waals surface area contributed by atoms with Gasteiger partial charge in [0.25, 0.3) is 0 Å². The zero-order valence-electron chi connectivity index (χ0n) is 9.48. The molecule has 0 atom stereocenters. The van der Waals surface area contributed by atoms with Crippen LogP contribution in [0.5, 0.6) is 0 Å². The first kappa shape index (κ1) is 13.2. The lowest BCUT2D eigenvalue weighted by Crippen LogP contribution is -1.80. The van der Waals surface area contributed by atoms with Crippen molar-refractivity contribution in [3.05, 3.63) is 59.7 Å². The first-order chi connectivity index (χ1) is 8.85. The second-order valence-corrected chi connectivity index (χ2v) is 4.84. The quantitative estimate of drug-likeness (QED) is 0.610. The smallest absolute Gasteiger partial charge is 0.0423 e. The first-order valence-corrected chi connectivity index (χ1v) is 6.89. The lowest BCUT2D eigenvalue weighted by atomic mass is 10.1. The summed E-state index contributed by atoms with van der Waals surface area (Å²) in [7, 11) is 0. The Morgan fingerprint density at radius 3 is 1.44 bits per heavy atom. The van der Waals surface area contributed by atoms with Crippen LogP contribution in [0, 0.1) is 0 Å². The molecule has 2 N–H and O–H groups in total. The zero-order valence-corrected chi connectivity index (χ0v) is 11.1. The molecule has 92 valence electrons. The lowest BCUT2D eigenvalue weighted by Gasteiger charge is -2.02. The van der Waals surface area contributed by atoms with E-state index in [1.807, 2.05) is 60.7 Å². The van der Waals surface area contributed by atoms with Crippen LogP contribution in [0.25, 0.3) is 12.2 Å². The molecule has 0 saturated heterocycles. The van der Waals surface area contributed by atoms with Gasteiger partial charge in [-0.25, -0.2) is 0 Å². The molecule has 0 fully saturated rings. The number of hydrogen-bond donors (Lipinski definition) is 2. The lowest BCUT2D eigenvalue weighted by molar-refractivity contribution is 0.663. The van der Waals surface area contributed by atoms with Crippen LogP contribution in [0.1, 0.15) is 11.1 Å². The molecule has 0 aliphatic rings. The van der Waals surface area contributed by atoms with Crippen molar-refractivity contribution < 1.29 is 9.11 Å². The number of rotatable bonds is 4. The maximum absolute atomic E-state index is 9.16. The largest absolute Gasteiger partial charge is 0.325 e. The fraction of sp³-hybridized carbons (Fsp3) is 0. The minimum atomic E-state index is 0.735. The Morgan fingerprint density at radius 1 is 0.667 bits per heavy atom. The molecule has 0 saturated carbocycles. The van der Waals surface area contributed by atoms with Crippen LogP contribution < -0.4 is 0 Å². The van der Waals surface area contributed by atoms with Crippen molar-refractivity contribution in [1.82, 2.24) is 0 Å². The van der Waals surface area contributed by atoms with E-state index in [4.69, 9.17) is 9.11 Å². The summed E-state index contributed by atoms with van der Waals surface area (Å²) in [6, 6.07) is 15.2. The molecule has 0 heterocycles. The van der Waals surface area contributed by atoms with E-state index in [2.05, 4.69) is 0 Å². The SMILES string of the molecule is OSc1ccccc1C=Cc1ccccc1SO. The Morgan fingerprint density at radius 2 is 1.06 bits per heavy atom. The van der Waals surface area contributed by atoms with Gasteiger partial charge in [0.2, 0.25) is 0 Å². The van der Waals surface area contributed by atoms with Gasteiger partial charge in [-0.3, -0.25) is 0 Å². The van der Waals surface area contributed by atoms with E-state index in [1.165, 1.54) is 0 Å². The third-order valence-corrected chi connectivity index (χ3v) is 3.61. The van der Waals surface area contributed by atoms with Crippen molar-refractivity contribution in [3.63, 3.8) is 0 Å². The van der Waals surface area contributed by atoms with Gasteiger partial charge in [0, 0.05) is 33.9 Å². The van der Waals surface area contributed by atoms with Gasteiger partial charge < -0.3 is 9.11 Å². The molecule has 2 aromatic rings. The molecule has 0 amide bonds. The summed E-state index contributed by atoms with van der Waals surface area (Å²) in [4.78, 5) is 1.62. The molecule has 0 unspecified atom stereocenters. The fourth-order valence-corrected chi connectivity index (χ4v) is 2.34. The zero-order chi connectivity index (χ0) is 12.8. The van der Waals surface area contributed by atoms with Crippen LogP contribution in [-0.2, 0) is 0 Å². The molecule has 0 bridgehead atoms. The summed E-state index contributed by atoms with van der Waals surface area (Å²) in [5, 5.41) is 0. The predicted molar refractivity (Wildman–Crippen MR) is 78.8 cm³/mol. The van der Waals surface area contributed by atoms with Crippen molar-refractivity contribution >= 4 is 36.2 Å². The van der Waals surface area contributed by atoms with E-state index in [0.717, 1.165) is 45.0 Å². The second-order valence-electron chi connectivity index (χ2n) is 3.59. The Bertz CT molecular complexity index is 503. The number of hydrogen-bond acceptors (Lipinski definition) is 4. The molecule has 4 heteroatoms. The highest BCUT2D eigenvalue weighted by molar-refractivity contribution is 7.94. The van der Waals surface area contributed by atoms with Crippen molar-refractivity contribution in [2.75, 3.05) is 0 Å². The van der Waals surface area contributed by atoms with E-state index < -0.39 is 0 Å². The van der Waals surface area contributed by atoms with E-state index in [-0.39, 0.29) is 0 Å².